The van der Waals surface area contributed by atoms with Crippen LogP contribution in [-0.4, -0.2) is 11.9 Å². The molecule has 4 nitrogen and oxygen atoms in total. The summed E-state index contributed by atoms with van der Waals surface area (Å²) in [5.41, 5.74) is 3.32. The Hall–Kier alpha value is -3.40. The lowest BCUT2D eigenvalue weighted by atomic mass is 9.77. The number of anilines is 1. The van der Waals surface area contributed by atoms with E-state index < -0.39 is 5.60 Å². The number of hydrogen-bond acceptors (Lipinski definition) is 3. The summed E-state index contributed by atoms with van der Waals surface area (Å²) in [6, 6.07) is 25.6. The SMILES string of the molecule is Cc1ccc2c(c1)[C@]1(OC(=O)C[C@H]1c1ccccc1)C(=O)N2Cc1ccccc1. The van der Waals surface area contributed by atoms with Crippen molar-refractivity contribution in [3.63, 3.8) is 0 Å². The van der Waals surface area contributed by atoms with Gasteiger partial charge in [0, 0.05) is 11.5 Å². The van der Waals surface area contributed by atoms with Crippen LogP contribution < -0.4 is 4.90 Å². The van der Waals surface area contributed by atoms with Gasteiger partial charge in [0.15, 0.2) is 0 Å². The summed E-state index contributed by atoms with van der Waals surface area (Å²) in [6.45, 7) is 2.43. The molecule has 1 spiro atoms. The molecule has 2 aliphatic heterocycles. The van der Waals surface area contributed by atoms with Gasteiger partial charge in [0.25, 0.3) is 5.91 Å². The number of esters is 1. The molecule has 3 aromatic rings. The van der Waals surface area contributed by atoms with Crippen molar-refractivity contribution in [2.75, 3.05) is 4.90 Å². The Labute approximate surface area is 169 Å². The highest BCUT2D eigenvalue weighted by molar-refractivity contribution is 6.10. The van der Waals surface area contributed by atoms with Crippen LogP contribution in [0, 0.1) is 6.92 Å². The minimum Gasteiger partial charge on any atom is -0.443 e. The van der Waals surface area contributed by atoms with E-state index in [9.17, 15) is 9.59 Å². The average Bonchev–Trinajstić information content (AvgIpc) is 3.20. The summed E-state index contributed by atoms with van der Waals surface area (Å²) in [4.78, 5) is 28.1. The highest BCUT2D eigenvalue weighted by atomic mass is 16.6. The molecule has 4 heteroatoms. The maximum absolute atomic E-state index is 13.9. The largest absolute Gasteiger partial charge is 0.443 e. The van der Waals surface area contributed by atoms with E-state index in [-0.39, 0.29) is 24.2 Å². The van der Waals surface area contributed by atoms with E-state index >= 15 is 0 Å². The summed E-state index contributed by atoms with van der Waals surface area (Å²) in [5.74, 6) is -0.840. The first-order chi connectivity index (χ1) is 14.1. The van der Waals surface area contributed by atoms with Crippen molar-refractivity contribution in [2.24, 2.45) is 0 Å². The number of nitrogens with zero attached hydrogens (tertiary/aromatic N) is 1. The van der Waals surface area contributed by atoms with Gasteiger partial charge in [-0.3, -0.25) is 9.59 Å². The minimum atomic E-state index is -1.30. The normalized spacial score (nSPS) is 22.8. The molecule has 0 N–H and O–H groups in total. The third-order valence-corrected chi connectivity index (χ3v) is 5.93. The Balaban J connectivity index is 1.68. The number of ether oxygens (including phenoxy) is 1. The van der Waals surface area contributed by atoms with Crippen molar-refractivity contribution < 1.29 is 14.3 Å². The summed E-state index contributed by atoms with van der Waals surface area (Å²) >= 11 is 0. The first kappa shape index (κ1) is 17.7. The van der Waals surface area contributed by atoms with Crippen LogP contribution in [0.4, 0.5) is 5.69 Å². The Morgan fingerprint density at radius 1 is 0.966 bits per heavy atom. The van der Waals surface area contributed by atoms with E-state index in [1.165, 1.54) is 0 Å². The van der Waals surface area contributed by atoms with Crippen molar-refractivity contribution in [3.8, 4) is 0 Å². The molecule has 1 amide bonds. The van der Waals surface area contributed by atoms with Crippen LogP contribution in [0.25, 0.3) is 0 Å². The maximum Gasteiger partial charge on any atom is 0.308 e. The zero-order valence-corrected chi connectivity index (χ0v) is 16.2. The molecule has 0 bridgehead atoms. The molecule has 2 heterocycles. The van der Waals surface area contributed by atoms with Gasteiger partial charge in [0.05, 0.1) is 18.7 Å². The summed E-state index contributed by atoms with van der Waals surface area (Å²) in [5, 5.41) is 0. The molecule has 0 unspecified atom stereocenters. The summed E-state index contributed by atoms with van der Waals surface area (Å²) in [6.07, 6.45) is 0.197. The van der Waals surface area contributed by atoms with Crippen LogP contribution in [0.3, 0.4) is 0 Å². The number of fused-ring (bicyclic) bond motifs is 2. The minimum absolute atomic E-state index is 0.165. The van der Waals surface area contributed by atoms with E-state index in [1.807, 2.05) is 85.8 Å². The predicted octanol–water partition coefficient (Wildman–Crippen LogP) is 4.47. The fourth-order valence-corrected chi connectivity index (χ4v) is 4.61. The lowest BCUT2D eigenvalue weighted by molar-refractivity contribution is -0.158. The Morgan fingerprint density at radius 2 is 1.66 bits per heavy atom. The topological polar surface area (TPSA) is 46.6 Å². The van der Waals surface area contributed by atoms with Gasteiger partial charge in [0.1, 0.15) is 0 Å². The van der Waals surface area contributed by atoms with E-state index in [0.29, 0.717) is 6.54 Å². The molecule has 0 aromatic heterocycles. The van der Waals surface area contributed by atoms with Crippen molar-refractivity contribution in [2.45, 2.75) is 31.4 Å². The molecule has 144 valence electrons. The molecular formula is C25H21NO3. The van der Waals surface area contributed by atoms with Gasteiger partial charge in [-0.05, 0) is 30.2 Å². The van der Waals surface area contributed by atoms with Crippen LogP contribution >= 0.6 is 0 Å². The van der Waals surface area contributed by atoms with Crippen LogP contribution in [-0.2, 0) is 26.5 Å². The van der Waals surface area contributed by atoms with E-state index in [0.717, 1.165) is 27.9 Å². The van der Waals surface area contributed by atoms with Crippen molar-refractivity contribution >= 4 is 17.6 Å². The van der Waals surface area contributed by atoms with Crippen LogP contribution in [0.1, 0.15) is 34.6 Å². The van der Waals surface area contributed by atoms with Gasteiger partial charge in [-0.1, -0.05) is 72.3 Å². The fraction of sp³-hybridized carbons (Fsp3) is 0.200. The monoisotopic (exact) mass is 383 g/mol. The summed E-state index contributed by atoms with van der Waals surface area (Å²) in [7, 11) is 0. The fourth-order valence-electron chi connectivity index (χ4n) is 4.61. The molecule has 0 saturated carbocycles. The number of rotatable bonds is 3. The van der Waals surface area contributed by atoms with Crippen molar-refractivity contribution in [3.05, 3.63) is 101 Å². The second kappa shape index (κ2) is 6.59. The number of benzene rings is 3. The molecule has 29 heavy (non-hydrogen) atoms. The third kappa shape index (κ3) is 2.67. The maximum atomic E-state index is 13.9. The van der Waals surface area contributed by atoms with E-state index in [2.05, 4.69) is 0 Å². The Morgan fingerprint density at radius 3 is 2.38 bits per heavy atom. The average molecular weight is 383 g/mol. The smallest absolute Gasteiger partial charge is 0.308 e. The molecule has 2 aliphatic rings. The molecular weight excluding hydrogens is 362 g/mol. The Kier molecular flexibility index (Phi) is 4.02. The van der Waals surface area contributed by atoms with Gasteiger partial charge in [-0.25, -0.2) is 0 Å². The van der Waals surface area contributed by atoms with Gasteiger partial charge in [-0.15, -0.1) is 0 Å². The van der Waals surface area contributed by atoms with Crippen molar-refractivity contribution in [1.29, 1.82) is 0 Å². The molecule has 5 rings (SSSR count). The summed E-state index contributed by atoms with van der Waals surface area (Å²) < 4.78 is 5.91. The Bertz CT molecular complexity index is 1090. The number of carbonyl (C=O) groups is 2. The molecule has 1 fully saturated rings. The standard InChI is InChI=1S/C25H21NO3/c1-17-12-13-22-21(14-17)25(24(28)26(22)16-18-8-4-2-5-9-18)20(15-23(27)29-25)19-10-6-3-7-11-19/h2-14,20H,15-16H2,1H3/t20-,25-/m0/s1. The van der Waals surface area contributed by atoms with Crippen LogP contribution in [0.15, 0.2) is 78.9 Å². The number of amides is 1. The van der Waals surface area contributed by atoms with Crippen LogP contribution in [0.5, 0.6) is 0 Å². The highest BCUT2D eigenvalue weighted by Gasteiger charge is 2.63. The zero-order chi connectivity index (χ0) is 20.0. The molecule has 3 aromatic carbocycles. The van der Waals surface area contributed by atoms with Gasteiger partial charge in [-0.2, -0.15) is 0 Å². The lowest BCUT2D eigenvalue weighted by Gasteiger charge is -2.29. The molecule has 2 atom stereocenters. The first-order valence-electron chi connectivity index (χ1n) is 9.83. The van der Waals surface area contributed by atoms with Crippen molar-refractivity contribution in [1.82, 2.24) is 0 Å². The third-order valence-electron chi connectivity index (χ3n) is 5.93. The second-order valence-electron chi connectivity index (χ2n) is 7.77. The number of carbonyl (C=O) groups excluding carboxylic acids is 2. The predicted molar refractivity (Wildman–Crippen MR) is 110 cm³/mol. The van der Waals surface area contributed by atoms with Gasteiger partial charge >= 0.3 is 5.97 Å². The zero-order valence-electron chi connectivity index (χ0n) is 16.2. The number of hydrogen-bond donors (Lipinski definition) is 0. The molecule has 0 aliphatic carbocycles. The molecule has 0 radical (unpaired) electrons. The van der Waals surface area contributed by atoms with E-state index in [4.69, 9.17) is 4.74 Å². The lowest BCUT2D eigenvalue weighted by Crippen LogP contribution is -2.43. The van der Waals surface area contributed by atoms with Gasteiger partial charge < -0.3 is 9.64 Å². The van der Waals surface area contributed by atoms with Crippen LogP contribution in [0.2, 0.25) is 0 Å². The van der Waals surface area contributed by atoms with Gasteiger partial charge in [0.2, 0.25) is 5.60 Å². The van der Waals surface area contributed by atoms with E-state index in [1.54, 1.807) is 4.90 Å². The molecule has 1 saturated heterocycles. The highest BCUT2D eigenvalue weighted by Crippen LogP contribution is 2.55. The number of aryl methyl sites for hydroxylation is 1. The first-order valence-corrected chi connectivity index (χ1v) is 9.83. The second-order valence-corrected chi connectivity index (χ2v) is 7.77. The quantitative estimate of drug-likeness (QED) is 0.627.